The first kappa shape index (κ1) is 15.9. The van der Waals surface area contributed by atoms with E-state index in [9.17, 15) is 9.59 Å². The molecule has 1 atom stereocenters. The number of fused-ring (bicyclic) bond motifs is 1. The van der Waals surface area contributed by atoms with Crippen LogP contribution in [0.4, 0.5) is 5.69 Å². The monoisotopic (exact) mass is 352 g/mol. The van der Waals surface area contributed by atoms with Gasteiger partial charge in [0.25, 0.3) is 5.22 Å². The Kier molecular flexibility index (Phi) is 3.84. The van der Waals surface area contributed by atoms with E-state index in [0.29, 0.717) is 16.5 Å². The van der Waals surface area contributed by atoms with Gasteiger partial charge in [-0.05, 0) is 43.2 Å². The van der Waals surface area contributed by atoms with Crippen molar-refractivity contribution in [2.75, 3.05) is 4.90 Å². The molecule has 0 N–H and O–H groups in total. The van der Waals surface area contributed by atoms with Crippen molar-refractivity contribution >= 4 is 40.4 Å². The number of hydrogen-bond acceptors (Lipinski definition) is 5. The van der Waals surface area contributed by atoms with E-state index in [1.54, 1.807) is 0 Å². The Morgan fingerprint density at radius 3 is 2.76 bits per heavy atom. The molecule has 0 spiro atoms. The van der Waals surface area contributed by atoms with Crippen LogP contribution in [0.25, 0.3) is 11.1 Å². The molecule has 2 amide bonds. The Balaban J connectivity index is 1.61. The molecule has 3 aromatic rings. The van der Waals surface area contributed by atoms with E-state index < -0.39 is 5.25 Å². The fourth-order valence-electron chi connectivity index (χ4n) is 2.93. The summed E-state index contributed by atoms with van der Waals surface area (Å²) in [6.07, 6.45) is 0.148. The van der Waals surface area contributed by atoms with Crippen LogP contribution in [0.3, 0.4) is 0 Å². The number of carbonyl (C=O) groups is 2. The predicted octanol–water partition coefficient (Wildman–Crippen LogP) is 3.87. The molecular formula is C19H16N2O3S. The van der Waals surface area contributed by atoms with Crippen LogP contribution in [0.5, 0.6) is 0 Å². The van der Waals surface area contributed by atoms with Crippen LogP contribution in [-0.4, -0.2) is 22.0 Å². The van der Waals surface area contributed by atoms with Crippen molar-refractivity contribution in [3.63, 3.8) is 0 Å². The lowest BCUT2D eigenvalue weighted by Crippen LogP contribution is -2.31. The molecule has 25 heavy (non-hydrogen) atoms. The SMILES string of the molecule is Cc1ccc(C)c(N2C(=O)CC(Sc3nc4ccccc4o3)C2=O)c1. The van der Waals surface area contributed by atoms with Crippen molar-refractivity contribution in [3.8, 4) is 0 Å². The van der Waals surface area contributed by atoms with Crippen LogP contribution >= 0.6 is 11.8 Å². The third kappa shape index (κ3) is 2.82. The normalized spacial score (nSPS) is 17.7. The number of rotatable bonds is 3. The number of para-hydroxylation sites is 2. The number of amides is 2. The molecule has 126 valence electrons. The first-order valence-electron chi connectivity index (χ1n) is 7.99. The van der Waals surface area contributed by atoms with Crippen LogP contribution in [-0.2, 0) is 9.59 Å². The maximum Gasteiger partial charge on any atom is 0.257 e. The second kappa shape index (κ2) is 6.04. The summed E-state index contributed by atoms with van der Waals surface area (Å²) in [6, 6.07) is 13.2. The van der Waals surface area contributed by atoms with Gasteiger partial charge in [-0.15, -0.1) is 0 Å². The highest BCUT2D eigenvalue weighted by Crippen LogP contribution is 2.36. The van der Waals surface area contributed by atoms with E-state index in [2.05, 4.69) is 4.98 Å². The summed E-state index contributed by atoms with van der Waals surface area (Å²) in [6.45, 7) is 3.84. The van der Waals surface area contributed by atoms with Crippen molar-refractivity contribution in [3.05, 3.63) is 53.6 Å². The van der Waals surface area contributed by atoms with Gasteiger partial charge in [-0.25, -0.2) is 9.88 Å². The Morgan fingerprint density at radius 1 is 1.16 bits per heavy atom. The third-order valence-corrected chi connectivity index (χ3v) is 5.26. The second-order valence-corrected chi connectivity index (χ2v) is 7.27. The van der Waals surface area contributed by atoms with Crippen LogP contribution in [0.15, 0.2) is 52.1 Å². The average molecular weight is 352 g/mol. The highest BCUT2D eigenvalue weighted by Gasteiger charge is 2.41. The summed E-state index contributed by atoms with van der Waals surface area (Å²) in [5, 5.41) is -0.101. The zero-order valence-electron chi connectivity index (χ0n) is 13.9. The smallest absolute Gasteiger partial charge is 0.257 e. The molecule has 1 fully saturated rings. The Bertz CT molecular complexity index is 962. The third-order valence-electron chi connectivity index (χ3n) is 4.23. The van der Waals surface area contributed by atoms with Gasteiger partial charge in [-0.1, -0.05) is 36.0 Å². The zero-order valence-corrected chi connectivity index (χ0v) is 14.7. The summed E-state index contributed by atoms with van der Waals surface area (Å²) < 4.78 is 5.67. The molecule has 6 heteroatoms. The standard InChI is InChI=1S/C19H16N2O3S/c1-11-7-8-12(2)14(9-11)21-17(22)10-16(18(21)23)25-19-20-13-5-3-4-6-15(13)24-19/h3-9,16H,10H2,1-2H3. The van der Waals surface area contributed by atoms with Gasteiger partial charge in [0.05, 0.1) is 5.69 Å². The summed E-state index contributed by atoms with van der Waals surface area (Å²) in [4.78, 5) is 31.0. The molecule has 5 nitrogen and oxygen atoms in total. The van der Waals surface area contributed by atoms with E-state index in [4.69, 9.17) is 4.42 Å². The van der Waals surface area contributed by atoms with Crippen molar-refractivity contribution < 1.29 is 14.0 Å². The van der Waals surface area contributed by atoms with Gasteiger partial charge in [-0.3, -0.25) is 9.59 Å². The lowest BCUT2D eigenvalue weighted by Gasteiger charge is -2.17. The number of hydrogen-bond donors (Lipinski definition) is 0. The van der Waals surface area contributed by atoms with Gasteiger partial charge in [0.15, 0.2) is 5.58 Å². The number of oxazole rings is 1. The molecule has 4 rings (SSSR count). The predicted molar refractivity (Wildman–Crippen MR) is 96.7 cm³/mol. The molecule has 1 aromatic heterocycles. The first-order chi connectivity index (χ1) is 12.0. The fourth-order valence-corrected chi connectivity index (χ4v) is 3.90. The van der Waals surface area contributed by atoms with E-state index in [-0.39, 0.29) is 18.2 Å². The Labute approximate surface area is 149 Å². The summed E-state index contributed by atoms with van der Waals surface area (Å²) in [5.41, 5.74) is 3.99. The molecule has 1 aliphatic heterocycles. The maximum absolute atomic E-state index is 12.8. The molecule has 1 unspecified atom stereocenters. The summed E-state index contributed by atoms with van der Waals surface area (Å²) in [7, 11) is 0. The molecule has 1 aliphatic rings. The van der Waals surface area contributed by atoms with Crippen molar-refractivity contribution in [2.45, 2.75) is 30.7 Å². The Hall–Kier alpha value is -2.60. The van der Waals surface area contributed by atoms with Gasteiger partial charge in [0.2, 0.25) is 11.8 Å². The van der Waals surface area contributed by atoms with Gasteiger partial charge >= 0.3 is 0 Å². The number of thioether (sulfide) groups is 1. The van der Waals surface area contributed by atoms with Crippen molar-refractivity contribution in [2.24, 2.45) is 0 Å². The van der Waals surface area contributed by atoms with Crippen molar-refractivity contribution in [1.29, 1.82) is 0 Å². The van der Waals surface area contributed by atoms with E-state index in [0.717, 1.165) is 16.6 Å². The van der Waals surface area contributed by atoms with Crippen LogP contribution in [0.2, 0.25) is 0 Å². The summed E-state index contributed by atoms with van der Waals surface area (Å²) in [5.74, 6) is -0.404. The molecule has 2 aromatic carbocycles. The summed E-state index contributed by atoms with van der Waals surface area (Å²) >= 11 is 1.21. The van der Waals surface area contributed by atoms with Crippen molar-refractivity contribution in [1.82, 2.24) is 4.98 Å². The van der Waals surface area contributed by atoms with Gasteiger partial charge in [-0.2, -0.15) is 0 Å². The van der Waals surface area contributed by atoms with Gasteiger partial charge in [0, 0.05) is 6.42 Å². The fraction of sp³-hybridized carbons (Fsp3) is 0.211. The lowest BCUT2D eigenvalue weighted by molar-refractivity contribution is -0.121. The number of benzene rings is 2. The average Bonchev–Trinajstić information content (AvgIpc) is 3.11. The van der Waals surface area contributed by atoms with E-state index in [1.807, 2.05) is 56.3 Å². The topological polar surface area (TPSA) is 63.4 Å². The molecule has 2 heterocycles. The maximum atomic E-state index is 12.8. The molecule has 0 aliphatic carbocycles. The second-order valence-electron chi connectivity index (χ2n) is 6.12. The van der Waals surface area contributed by atoms with E-state index in [1.165, 1.54) is 16.7 Å². The number of nitrogens with zero attached hydrogens (tertiary/aromatic N) is 2. The van der Waals surface area contributed by atoms with E-state index >= 15 is 0 Å². The van der Waals surface area contributed by atoms with Crippen LogP contribution in [0.1, 0.15) is 17.5 Å². The molecule has 0 radical (unpaired) electrons. The largest absolute Gasteiger partial charge is 0.431 e. The van der Waals surface area contributed by atoms with Crippen LogP contribution in [0, 0.1) is 13.8 Å². The Morgan fingerprint density at radius 2 is 1.96 bits per heavy atom. The molecule has 0 saturated carbocycles. The number of carbonyl (C=O) groups excluding carboxylic acids is 2. The zero-order chi connectivity index (χ0) is 17.6. The molecule has 0 bridgehead atoms. The number of imide groups is 1. The number of aryl methyl sites for hydroxylation is 2. The highest BCUT2D eigenvalue weighted by atomic mass is 32.2. The number of aromatic nitrogens is 1. The highest BCUT2D eigenvalue weighted by molar-refractivity contribution is 8.00. The van der Waals surface area contributed by atoms with Crippen LogP contribution < -0.4 is 4.90 Å². The molecular weight excluding hydrogens is 336 g/mol. The minimum Gasteiger partial charge on any atom is -0.431 e. The quantitative estimate of drug-likeness (QED) is 0.670. The van der Waals surface area contributed by atoms with Gasteiger partial charge in [0.1, 0.15) is 10.8 Å². The first-order valence-corrected chi connectivity index (χ1v) is 8.87. The van der Waals surface area contributed by atoms with Gasteiger partial charge < -0.3 is 4.42 Å². The number of anilines is 1. The minimum absolute atomic E-state index is 0.148. The minimum atomic E-state index is -0.513. The lowest BCUT2D eigenvalue weighted by atomic mass is 10.1. The molecule has 1 saturated heterocycles.